The molecule has 1 unspecified atom stereocenters. The lowest BCUT2D eigenvalue weighted by molar-refractivity contribution is 0.331. The van der Waals surface area contributed by atoms with Crippen LogP contribution in [0, 0.1) is 5.92 Å². The summed E-state index contributed by atoms with van der Waals surface area (Å²) in [7, 11) is 0. The number of likely N-dealkylation sites (tertiary alicyclic amines) is 1. The van der Waals surface area contributed by atoms with Gasteiger partial charge < -0.3 is 5.32 Å². The van der Waals surface area contributed by atoms with Crippen molar-refractivity contribution in [3.63, 3.8) is 0 Å². The number of hydrogen-bond acceptors (Lipinski definition) is 3. The SMILES string of the molecule is c1cc(CN2CCCC2)cc(NCC2CCSC2)c1. The summed E-state index contributed by atoms with van der Waals surface area (Å²) in [6.07, 6.45) is 4.12. The Labute approximate surface area is 121 Å². The third kappa shape index (κ3) is 3.90. The van der Waals surface area contributed by atoms with Crippen molar-refractivity contribution < 1.29 is 0 Å². The Morgan fingerprint density at radius 3 is 2.95 bits per heavy atom. The first-order valence-corrected chi connectivity index (χ1v) is 8.68. The Bertz CT molecular complexity index is 395. The fraction of sp³-hybridized carbons (Fsp3) is 0.625. The molecule has 0 spiro atoms. The van der Waals surface area contributed by atoms with Gasteiger partial charge in [-0.2, -0.15) is 11.8 Å². The predicted octanol–water partition coefficient (Wildman–Crippen LogP) is 3.45. The summed E-state index contributed by atoms with van der Waals surface area (Å²) in [5, 5.41) is 3.62. The van der Waals surface area contributed by atoms with Crippen molar-refractivity contribution in [3.05, 3.63) is 29.8 Å². The number of anilines is 1. The van der Waals surface area contributed by atoms with Crippen molar-refractivity contribution in [2.45, 2.75) is 25.8 Å². The highest BCUT2D eigenvalue weighted by atomic mass is 32.2. The quantitative estimate of drug-likeness (QED) is 0.887. The lowest BCUT2D eigenvalue weighted by atomic mass is 10.1. The first kappa shape index (κ1) is 13.3. The van der Waals surface area contributed by atoms with Gasteiger partial charge in [-0.15, -0.1) is 0 Å². The molecule has 1 N–H and O–H groups in total. The van der Waals surface area contributed by atoms with Crippen LogP contribution < -0.4 is 5.32 Å². The van der Waals surface area contributed by atoms with E-state index >= 15 is 0 Å². The molecule has 2 aliphatic rings. The largest absolute Gasteiger partial charge is 0.385 e. The zero-order chi connectivity index (χ0) is 12.9. The number of hydrogen-bond donors (Lipinski definition) is 1. The first-order valence-electron chi connectivity index (χ1n) is 7.53. The summed E-state index contributed by atoms with van der Waals surface area (Å²) in [4.78, 5) is 2.56. The van der Waals surface area contributed by atoms with Crippen LogP contribution in [0.1, 0.15) is 24.8 Å². The minimum Gasteiger partial charge on any atom is -0.385 e. The van der Waals surface area contributed by atoms with Crippen LogP contribution in [-0.2, 0) is 6.54 Å². The maximum atomic E-state index is 3.62. The molecule has 0 amide bonds. The van der Waals surface area contributed by atoms with Gasteiger partial charge in [0.05, 0.1) is 0 Å². The van der Waals surface area contributed by atoms with Crippen LogP contribution in [0.25, 0.3) is 0 Å². The van der Waals surface area contributed by atoms with E-state index in [-0.39, 0.29) is 0 Å². The predicted molar refractivity (Wildman–Crippen MR) is 84.9 cm³/mol. The van der Waals surface area contributed by atoms with E-state index in [1.807, 2.05) is 0 Å². The van der Waals surface area contributed by atoms with Crippen LogP contribution in [0.2, 0.25) is 0 Å². The molecule has 0 aromatic heterocycles. The van der Waals surface area contributed by atoms with Crippen LogP contribution in [0.15, 0.2) is 24.3 Å². The van der Waals surface area contributed by atoms with Gasteiger partial charge in [0.25, 0.3) is 0 Å². The number of rotatable bonds is 5. The standard InChI is InChI=1S/C16H24N2S/c1-2-8-18(7-1)12-14-4-3-5-16(10-14)17-11-15-6-9-19-13-15/h3-5,10,15,17H,1-2,6-9,11-13H2. The summed E-state index contributed by atoms with van der Waals surface area (Å²) in [5.74, 6) is 3.55. The fourth-order valence-electron chi connectivity index (χ4n) is 2.99. The lowest BCUT2D eigenvalue weighted by Gasteiger charge is -2.16. The van der Waals surface area contributed by atoms with Gasteiger partial charge in [-0.1, -0.05) is 12.1 Å². The molecule has 0 saturated carbocycles. The van der Waals surface area contributed by atoms with E-state index in [9.17, 15) is 0 Å². The maximum absolute atomic E-state index is 3.62. The van der Waals surface area contributed by atoms with Crippen molar-refractivity contribution in [1.29, 1.82) is 0 Å². The number of thioether (sulfide) groups is 1. The van der Waals surface area contributed by atoms with E-state index in [1.165, 1.54) is 55.1 Å². The van der Waals surface area contributed by atoms with Gasteiger partial charge in [-0.05, 0) is 67.5 Å². The molecule has 3 rings (SSSR count). The van der Waals surface area contributed by atoms with Crippen LogP contribution >= 0.6 is 11.8 Å². The second kappa shape index (κ2) is 6.67. The molecule has 19 heavy (non-hydrogen) atoms. The maximum Gasteiger partial charge on any atom is 0.0343 e. The Morgan fingerprint density at radius 1 is 1.26 bits per heavy atom. The lowest BCUT2D eigenvalue weighted by Crippen LogP contribution is -2.18. The highest BCUT2D eigenvalue weighted by Crippen LogP contribution is 2.24. The third-order valence-corrected chi connectivity index (χ3v) is 5.38. The Kier molecular flexibility index (Phi) is 4.67. The topological polar surface area (TPSA) is 15.3 Å². The van der Waals surface area contributed by atoms with Crippen molar-refractivity contribution >= 4 is 17.4 Å². The van der Waals surface area contributed by atoms with Crippen LogP contribution in [-0.4, -0.2) is 36.0 Å². The summed E-state index contributed by atoms with van der Waals surface area (Å²) >= 11 is 2.10. The Balaban J connectivity index is 1.52. The molecule has 0 radical (unpaired) electrons. The normalized spacial score (nSPS) is 23.9. The third-order valence-electron chi connectivity index (χ3n) is 4.15. The molecule has 2 fully saturated rings. The molecule has 2 heterocycles. The van der Waals surface area contributed by atoms with Crippen molar-refractivity contribution in [2.24, 2.45) is 5.92 Å². The average Bonchev–Trinajstić information content (AvgIpc) is 3.10. The van der Waals surface area contributed by atoms with E-state index in [0.717, 1.165) is 19.0 Å². The van der Waals surface area contributed by atoms with Gasteiger partial charge in [0.15, 0.2) is 0 Å². The zero-order valence-electron chi connectivity index (χ0n) is 11.6. The van der Waals surface area contributed by atoms with E-state index in [1.54, 1.807) is 0 Å². The minimum absolute atomic E-state index is 0.868. The monoisotopic (exact) mass is 276 g/mol. The van der Waals surface area contributed by atoms with E-state index in [4.69, 9.17) is 0 Å². The summed E-state index contributed by atoms with van der Waals surface area (Å²) in [5.41, 5.74) is 2.75. The average molecular weight is 276 g/mol. The molecular formula is C16H24N2S. The second-order valence-electron chi connectivity index (χ2n) is 5.79. The summed E-state index contributed by atoms with van der Waals surface area (Å²) in [6.45, 7) is 4.81. The molecule has 2 saturated heterocycles. The Hall–Kier alpha value is -0.670. The van der Waals surface area contributed by atoms with Gasteiger partial charge in [0.2, 0.25) is 0 Å². The van der Waals surface area contributed by atoms with Crippen LogP contribution in [0.4, 0.5) is 5.69 Å². The second-order valence-corrected chi connectivity index (χ2v) is 6.94. The molecule has 2 nitrogen and oxygen atoms in total. The minimum atomic E-state index is 0.868. The van der Waals surface area contributed by atoms with E-state index in [2.05, 4.69) is 46.2 Å². The molecule has 1 aromatic rings. The number of nitrogens with one attached hydrogen (secondary N) is 1. The molecule has 0 aliphatic carbocycles. The highest BCUT2D eigenvalue weighted by molar-refractivity contribution is 7.99. The van der Waals surface area contributed by atoms with Crippen molar-refractivity contribution in [1.82, 2.24) is 4.90 Å². The van der Waals surface area contributed by atoms with Crippen LogP contribution in [0.3, 0.4) is 0 Å². The molecule has 0 bridgehead atoms. The fourth-order valence-corrected chi connectivity index (χ4v) is 4.27. The molecule has 104 valence electrons. The molecule has 1 atom stereocenters. The first-order chi connectivity index (χ1) is 9.40. The van der Waals surface area contributed by atoms with Gasteiger partial charge in [-0.3, -0.25) is 4.90 Å². The van der Waals surface area contributed by atoms with E-state index < -0.39 is 0 Å². The van der Waals surface area contributed by atoms with Gasteiger partial charge in [-0.25, -0.2) is 0 Å². The van der Waals surface area contributed by atoms with Crippen molar-refractivity contribution in [3.8, 4) is 0 Å². The van der Waals surface area contributed by atoms with Crippen molar-refractivity contribution in [2.75, 3.05) is 36.5 Å². The number of benzene rings is 1. The van der Waals surface area contributed by atoms with Crippen LogP contribution in [0.5, 0.6) is 0 Å². The van der Waals surface area contributed by atoms with Gasteiger partial charge >= 0.3 is 0 Å². The molecular weight excluding hydrogens is 252 g/mol. The zero-order valence-corrected chi connectivity index (χ0v) is 12.4. The molecule has 2 aliphatic heterocycles. The summed E-state index contributed by atoms with van der Waals surface area (Å²) < 4.78 is 0. The molecule has 3 heteroatoms. The summed E-state index contributed by atoms with van der Waals surface area (Å²) in [6, 6.07) is 8.99. The number of nitrogens with zero attached hydrogens (tertiary/aromatic N) is 1. The smallest absolute Gasteiger partial charge is 0.0343 e. The Morgan fingerprint density at radius 2 is 2.16 bits per heavy atom. The van der Waals surface area contributed by atoms with Gasteiger partial charge in [0, 0.05) is 18.8 Å². The highest BCUT2D eigenvalue weighted by Gasteiger charge is 2.15. The molecule has 1 aromatic carbocycles. The van der Waals surface area contributed by atoms with Gasteiger partial charge in [0.1, 0.15) is 0 Å². The van der Waals surface area contributed by atoms with E-state index in [0.29, 0.717) is 0 Å².